The van der Waals surface area contributed by atoms with Crippen LogP contribution in [0.1, 0.15) is 28.9 Å². The summed E-state index contributed by atoms with van der Waals surface area (Å²) in [6.45, 7) is 3.80. The number of aromatic nitrogens is 4. The molecule has 2 rings (SSSR count). The molecule has 0 aliphatic carbocycles. The molecule has 8 heteroatoms. The van der Waals surface area contributed by atoms with Crippen molar-refractivity contribution < 1.29 is 10.0 Å². The fourth-order valence-electron chi connectivity index (χ4n) is 2.15. The van der Waals surface area contributed by atoms with Crippen LogP contribution in [-0.2, 0) is 13.0 Å². The molecule has 112 valence electrons. The van der Waals surface area contributed by atoms with Gasteiger partial charge >= 0.3 is 0 Å². The maximum absolute atomic E-state index is 11.1. The van der Waals surface area contributed by atoms with E-state index in [0.29, 0.717) is 36.2 Å². The van der Waals surface area contributed by atoms with Crippen LogP contribution in [0.4, 0.5) is 5.69 Å². The van der Waals surface area contributed by atoms with Gasteiger partial charge in [-0.05, 0) is 26.7 Å². The van der Waals surface area contributed by atoms with E-state index in [4.69, 9.17) is 5.11 Å². The Morgan fingerprint density at radius 2 is 2.19 bits per heavy atom. The first-order valence-corrected chi connectivity index (χ1v) is 6.62. The predicted octanol–water partition coefficient (Wildman–Crippen LogP) is 1.17. The molecule has 0 saturated carbocycles. The van der Waals surface area contributed by atoms with Crippen molar-refractivity contribution in [3.8, 4) is 0 Å². The summed E-state index contributed by atoms with van der Waals surface area (Å²) in [5.74, 6) is 0. The van der Waals surface area contributed by atoms with Crippen molar-refractivity contribution in [2.24, 2.45) is 0 Å². The Hall–Kier alpha value is -2.35. The molecule has 2 aromatic rings. The molecule has 0 amide bonds. The molecule has 0 spiro atoms. The van der Waals surface area contributed by atoms with Crippen LogP contribution in [-0.4, -0.2) is 36.6 Å². The van der Waals surface area contributed by atoms with Gasteiger partial charge in [-0.25, -0.2) is 4.68 Å². The van der Waals surface area contributed by atoms with Gasteiger partial charge in [-0.1, -0.05) is 5.21 Å². The van der Waals surface area contributed by atoms with Crippen LogP contribution in [0.5, 0.6) is 0 Å². The SMILES string of the molecule is Cc1cnc(Cn2cc(CCCO)nn2)c(C)c1[N+](=O)[O-]. The van der Waals surface area contributed by atoms with Gasteiger partial charge in [0.15, 0.2) is 0 Å². The number of aryl methyl sites for hydroxylation is 2. The lowest BCUT2D eigenvalue weighted by molar-refractivity contribution is -0.386. The molecule has 0 aromatic carbocycles. The molecule has 0 aliphatic rings. The molecule has 0 bridgehead atoms. The molecule has 0 unspecified atom stereocenters. The third-order valence-electron chi connectivity index (χ3n) is 3.25. The molecule has 0 saturated heterocycles. The van der Waals surface area contributed by atoms with Crippen LogP contribution in [0.2, 0.25) is 0 Å². The number of rotatable bonds is 6. The van der Waals surface area contributed by atoms with Crippen molar-refractivity contribution in [3.05, 3.63) is 45.0 Å². The number of aliphatic hydroxyl groups excluding tert-OH is 1. The normalized spacial score (nSPS) is 10.8. The molecular formula is C13H17N5O3. The van der Waals surface area contributed by atoms with Gasteiger partial charge < -0.3 is 5.11 Å². The van der Waals surface area contributed by atoms with E-state index in [0.717, 1.165) is 5.69 Å². The Morgan fingerprint density at radius 1 is 1.43 bits per heavy atom. The monoisotopic (exact) mass is 291 g/mol. The van der Waals surface area contributed by atoms with Gasteiger partial charge in [-0.2, -0.15) is 0 Å². The zero-order chi connectivity index (χ0) is 15.4. The molecular weight excluding hydrogens is 274 g/mol. The van der Waals surface area contributed by atoms with E-state index in [1.54, 1.807) is 24.7 Å². The average Bonchev–Trinajstić information content (AvgIpc) is 2.87. The molecule has 0 fully saturated rings. The number of hydrogen-bond acceptors (Lipinski definition) is 6. The Kier molecular flexibility index (Phi) is 4.59. The highest BCUT2D eigenvalue weighted by Gasteiger charge is 2.19. The lowest BCUT2D eigenvalue weighted by atomic mass is 10.1. The number of nitro groups is 1. The van der Waals surface area contributed by atoms with Crippen LogP contribution >= 0.6 is 0 Å². The topological polar surface area (TPSA) is 107 Å². The first-order chi connectivity index (χ1) is 10.0. The Morgan fingerprint density at radius 3 is 2.86 bits per heavy atom. The third kappa shape index (κ3) is 3.40. The zero-order valence-corrected chi connectivity index (χ0v) is 12.0. The molecule has 2 aromatic heterocycles. The number of pyridine rings is 1. The summed E-state index contributed by atoms with van der Waals surface area (Å²) in [5.41, 5.74) is 2.57. The van der Waals surface area contributed by atoms with Crippen LogP contribution in [0, 0.1) is 24.0 Å². The molecule has 0 aliphatic heterocycles. The van der Waals surface area contributed by atoms with E-state index in [1.807, 2.05) is 0 Å². The van der Waals surface area contributed by atoms with Crippen molar-refractivity contribution in [3.63, 3.8) is 0 Å². The second-order valence-corrected chi connectivity index (χ2v) is 4.85. The van der Waals surface area contributed by atoms with Crippen LogP contribution < -0.4 is 0 Å². The van der Waals surface area contributed by atoms with Gasteiger partial charge in [0, 0.05) is 24.6 Å². The minimum absolute atomic E-state index is 0.0978. The Balaban J connectivity index is 2.22. The van der Waals surface area contributed by atoms with Crippen LogP contribution in [0.15, 0.2) is 12.4 Å². The number of hydrogen-bond donors (Lipinski definition) is 1. The summed E-state index contributed by atoms with van der Waals surface area (Å²) < 4.78 is 1.60. The molecule has 1 N–H and O–H groups in total. The van der Waals surface area contributed by atoms with Crippen molar-refractivity contribution in [2.45, 2.75) is 33.2 Å². The molecule has 2 heterocycles. The zero-order valence-electron chi connectivity index (χ0n) is 12.0. The first-order valence-electron chi connectivity index (χ1n) is 6.62. The molecule has 8 nitrogen and oxygen atoms in total. The van der Waals surface area contributed by atoms with Crippen molar-refractivity contribution in [1.29, 1.82) is 0 Å². The largest absolute Gasteiger partial charge is 0.396 e. The summed E-state index contributed by atoms with van der Waals surface area (Å²) in [6, 6.07) is 0. The fourth-order valence-corrected chi connectivity index (χ4v) is 2.15. The van der Waals surface area contributed by atoms with E-state index < -0.39 is 0 Å². The summed E-state index contributed by atoms with van der Waals surface area (Å²) >= 11 is 0. The lowest BCUT2D eigenvalue weighted by Gasteiger charge is -2.07. The van der Waals surface area contributed by atoms with E-state index in [1.165, 1.54) is 6.20 Å². The van der Waals surface area contributed by atoms with Crippen molar-refractivity contribution >= 4 is 5.69 Å². The van der Waals surface area contributed by atoms with Crippen LogP contribution in [0.3, 0.4) is 0 Å². The highest BCUT2D eigenvalue weighted by atomic mass is 16.6. The Labute approximate surface area is 121 Å². The predicted molar refractivity (Wildman–Crippen MR) is 74.9 cm³/mol. The van der Waals surface area contributed by atoms with E-state index in [2.05, 4.69) is 15.3 Å². The van der Waals surface area contributed by atoms with E-state index in [-0.39, 0.29) is 17.2 Å². The first kappa shape index (κ1) is 15.0. The summed E-state index contributed by atoms with van der Waals surface area (Å²) in [6.07, 6.45) is 4.55. The second-order valence-electron chi connectivity index (χ2n) is 4.85. The Bertz CT molecular complexity index is 653. The van der Waals surface area contributed by atoms with E-state index in [9.17, 15) is 10.1 Å². The highest BCUT2D eigenvalue weighted by molar-refractivity contribution is 5.47. The van der Waals surface area contributed by atoms with Crippen molar-refractivity contribution in [2.75, 3.05) is 6.61 Å². The lowest BCUT2D eigenvalue weighted by Crippen LogP contribution is -2.07. The average molecular weight is 291 g/mol. The summed E-state index contributed by atoms with van der Waals surface area (Å²) in [4.78, 5) is 15.0. The van der Waals surface area contributed by atoms with Gasteiger partial charge in [-0.15, -0.1) is 5.10 Å². The van der Waals surface area contributed by atoms with Gasteiger partial charge in [-0.3, -0.25) is 15.1 Å². The minimum Gasteiger partial charge on any atom is -0.396 e. The van der Waals surface area contributed by atoms with Gasteiger partial charge in [0.25, 0.3) is 5.69 Å². The molecule has 21 heavy (non-hydrogen) atoms. The minimum atomic E-state index is -0.385. The maximum atomic E-state index is 11.1. The molecule has 0 atom stereocenters. The summed E-state index contributed by atoms with van der Waals surface area (Å²) in [7, 11) is 0. The maximum Gasteiger partial charge on any atom is 0.278 e. The third-order valence-corrected chi connectivity index (χ3v) is 3.25. The summed E-state index contributed by atoms with van der Waals surface area (Å²) in [5, 5.41) is 27.8. The van der Waals surface area contributed by atoms with Crippen molar-refractivity contribution in [1.82, 2.24) is 20.0 Å². The van der Waals surface area contributed by atoms with Gasteiger partial charge in [0.1, 0.15) is 0 Å². The molecule has 0 radical (unpaired) electrons. The van der Waals surface area contributed by atoms with Gasteiger partial charge in [0.05, 0.1) is 28.4 Å². The van der Waals surface area contributed by atoms with Crippen LogP contribution in [0.25, 0.3) is 0 Å². The fraction of sp³-hybridized carbons (Fsp3) is 0.462. The second kappa shape index (κ2) is 6.40. The van der Waals surface area contributed by atoms with E-state index >= 15 is 0 Å². The van der Waals surface area contributed by atoms with Gasteiger partial charge in [0.2, 0.25) is 0 Å². The number of aliphatic hydroxyl groups is 1. The number of nitrogens with zero attached hydrogens (tertiary/aromatic N) is 5. The highest BCUT2D eigenvalue weighted by Crippen LogP contribution is 2.24. The smallest absolute Gasteiger partial charge is 0.278 e. The quantitative estimate of drug-likeness (QED) is 0.632. The standard InChI is InChI=1S/C13H17N5O3/c1-9-6-14-12(10(2)13(9)18(20)21)8-17-7-11(15-16-17)4-3-5-19/h6-7,19H,3-5,8H2,1-2H3.